The first kappa shape index (κ1) is 12.1. The molecule has 1 N–H and O–H groups in total. The predicted molar refractivity (Wildman–Crippen MR) is 68.9 cm³/mol. The number of morpholine rings is 1. The monoisotopic (exact) mass is 239 g/mol. The summed E-state index contributed by atoms with van der Waals surface area (Å²) in [7, 11) is 0. The zero-order valence-corrected chi connectivity index (χ0v) is 11.1. The molecule has 1 fully saturated rings. The van der Waals surface area contributed by atoms with Crippen molar-refractivity contribution in [2.75, 3.05) is 6.61 Å². The van der Waals surface area contributed by atoms with Crippen LogP contribution in [-0.2, 0) is 4.74 Å². The van der Waals surface area contributed by atoms with Gasteiger partial charge in [0.25, 0.3) is 0 Å². The van der Waals surface area contributed by atoms with Crippen molar-refractivity contribution in [1.82, 2.24) is 5.32 Å². The summed E-state index contributed by atoms with van der Waals surface area (Å²) in [4.78, 5) is 1.33. The van der Waals surface area contributed by atoms with Crippen molar-refractivity contribution in [2.24, 2.45) is 0 Å². The van der Waals surface area contributed by atoms with Crippen LogP contribution in [0.5, 0.6) is 0 Å². The summed E-state index contributed by atoms with van der Waals surface area (Å²) >= 11 is 1.78. The van der Waals surface area contributed by atoms with E-state index in [2.05, 4.69) is 43.6 Å². The van der Waals surface area contributed by atoms with Gasteiger partial charge in [-0.15, -0.1) is 11.3 Å². The zero-order valence-electron chi connectivity index (χ0n) is 10.3. The Morgan fingerprint density at radius 1 is 1.50 bits per heavy atom. The van der Waals surface area contributed by atoms with Crippen molar-refractivity contribution in [2.45, 2.75) is 51.3 Å². The first-order valence-electron chi connectivity index (χ1n) is 6.13. The molecule has 1 aromatic rings. The molecule has 0 aliphatic carbocycles. The molecule has 0 amide bonds. The quantitative estimate of drug-likeness (QED) is 0.873. The lowest BCUT2D eigenvalue weighted by molar-refractivity contribution is -0.0615. The van der Waals surface area contributed by atoms with Gasteiger partial charge < -0.3 is 10.1 Å². The normalized spacial score (nSPS) is 29.2. The fraction of sp³-hybridized carbons (Fsp3) is 0.692. The molecule has 0 radical (unpaired) electrons. The first-order valence-corrected chi connectivity index (χ1v) is 7.01. The van der Waals surface area contributed by atoms with Gasteiger partial charge in [0.2, 0.25) is 0 Å². The van der Waals surface area contributed by atoms with Crippen LogP contribution in [0.2, 0.25) is 0 Å². The third kappa shape index (κ3) is 2.17. The number of hydrogen-bond acceptors (Lipinski definition) is 3. The molecule has 16 heavy (non-hydrogen) atoms. The second-order valence-electron chi connectivity index (χ2n) is 4.67. The Bertz CT molecular complexity index is 319. The zero-order chi connectivity index (χ0) is 11.6. The molecule has 1 aromatic heterocycles. The van der Waals surface area contributed by atoms with E-state index in [0.29, 0.717) is 6.04 Å². The smallest absolute Gasteiger partial charge is 0.107 e. The van der Waals surface area contributed by atoms with Crippen molar-refractivity contribution >= 4 is 11.3 Å². The van der Waals surface area contributed by atoms with Crippen LogP contribution in [0.4, 0.5) is 0 Å². The number of nitrogens with one attached hydrogen (secondary N) is 1. The van der Waals surface area contributed by atoms with Gasteiger partial charge in [0.05, 0.1) is 6.61 Å². The van der Waals surface area contributed by atoms with E-state index in [1.807, 2.05) is 0 Å². The summed E-state index contributed by atoms with van der Waals surface area (Å²) in [6.45, 7) is 7.52. The SMILES string of the molecule is CCC1(CC)COC(c2cccs2)C(C)N1. The molecule has 0 spiro atoms. The molecule has 2 unspecified atom stereocenters. The minimum Gasteiger partial charge on any atom is -0.369 e. The highest BCUT2D eigenvalue weighted by atomic mass is 32.1. The summed E-state index contributed by atoms with van der Waals surface area (Å²) in [5.41, 5.74) is 0.188. The fourth-order valence-corrected chi connectivity index (χ4v) is 3.31. The minimum atomic E-state index is 0.188. The van der Waals surface area contributed by atoms with E-state index in [1.165, 1.54) is 4.88 Å². The van der Waals surface area contributed by atoms with Crippen LogP contribution in [0.1, 0.15) is 44.6 Å². The lowest BCUT2D eigenvalue weighted by atomic mass is 9.90. The van der Waals surface area contributed by atoms with Crippen LogP contribution in [0.3, 0.4) is 0 Å². The Balaban J connectivity index is 2.08. The van der Waals surface area contributed by atoms with Gasteiger partial charge in [0, 0.05) is 16.5 Å². The number of rotatable bonds is 3. The highest BCUT2D eigenvalue weighted by molar-refractivity contribution is 7.10. The second kappa shape index (κ2) is 4.86. The molecule has 2 heterocycles. The number of ether oxygens (including phenoxy) is 1. The maximum absolute atomic E-state index is 6.08. The van der Waals surface area contributed by atoms with E-state index in [9.17, 15) is 0 Å². The van der Waals surface area contributed by atoms with Gasteiger partial charge in [-0.05, 0) is 31.2 Å². The standard InChI is InChI=1S/C13H21NOS/c1-4-13(5-2)9-15-12(10(3)14-13)11-7-6-8-16-11/h6-8,10,12,14H,4-5,9H2,1-3H3. The summed E-state index contributed by atoms with van der Waals surface area (Å²) in [5.74, 6) is 0. The average molecular weight is 239 g/mol. The van der Waals surface area contributed by atoms with Crippen LogP contribution >= 0.6 is 11.3 Å². The Kier molecular flexibility index (Phi) is 3.67. The number of hydrogen-bond donors (Lipinski definition) is 1. The van der Waals surface area contributed by atoms with Crippen molar-refractivity contribution in [3.63, 3.8) is 0 Å². The van der Waals surface area contributed by atoms with Crippen molar-refractivity contribution < 1.29 is 4.74 Å². The molecular weight excluding hydrogens is 218 g/mol. The second-order valence-corrected chi connectivity index (χ2v) is 5.65. The Labute approximate surface area is 102 Å². The van der Waals surface area contributed by atoms with Crippen LogP contribution < -0.4 is 5.32 Å². The third-order valence-corrected chi connectivity index (χ3v) is 4.64. The minimum absolute atomic E-state index is 0.188. The molecule has 2 rings (SSSR count). The van der Waals surface area contributed by atoms with E-state index in [-0.39, 0.29) is 11.6 Å². The molecule has 1 aliphatic rings. The first-order chi connectivity index (χ1) is 7.71. The topological polar surface area (TPSA) is 21.3 Å². The number of thiophene rings is 1. The van der Waals surface area contributed by atoms with Crippen molar-refractivity contribution in [1.29, 1.82) is 0 Å². The molecule has 0 saturated carbocycles. The van der Waals surface area contributed by atoms with Crippen LogP contribution in [0.15, 0.2) is 17.5 Å². The van der Waals surface area contributed by atoms with Crippen molar-refractivity contribution in [3.05, 3.63) is 22.4 Å². The Morgan fingerprint density at radius 2 is 2.25 bits per heavy atom. The third-order valence-electron chi connectivity index (χ3n) is 3.70. The molecule has 90 valence electrons. The molecule has 2 nitrogen and oxygen atoms in total. The highest BCUT2D eigenvalue weighted by Gasteiger charge is 2.37. The summed E-state index contributed by atoms with van der Waals surface area (Å²) in [5, 5.41) is 5.87. The molecule has 3 heteroatoms. The summed E-state index contributed by atoms with van der Waals surface area (Å²) < 4.78 is 6.08. The van der Waals surface area contributed by atoms with Crippen LogP contribution in [0, 0.1) is 0 Å². The average Bonchev–Trinajstić information content (AvgIpc) is 2.82. The maximum Gasteiger partial charge on any atom is 0.107 e. The summed E-state index contributed by atoms with van der Waals surface area (Å²) in [6, 6.07) is 4.66. The molecule has 0 bridgehead atoms. The van der Waals surface area contributed by atoms with Gasteiger partial charge in [-0.25, -0.2) is 0 Å². The van der Waals surface area contributed by atoms with Crippen LogP contribution in [0.25, 0.3) is 0 Å². The van der Waals surface area contributed by atoms with Crippen LogP contribution in [-0.4, -0.2) is 18.2 Å². The van der Waals surface area contributed by atoms with E-state index in [4.69, 9.17) is 4.74 Å². The lowest BCUT2D eigenvalue weighted by Gasteiger charge is -2.44. The van der Waals surface area contributed by atoms with E-state index in [0.717, 1.165) is 19.4 Å². The van der Waals surface area contributed by atoms with Gasteiger partial charge in [-0.3, -0.25) is 0 Å². The molecule has 2 atom stereocenters. The molecular formula is C13H21NOS. The Morgan fingerprint density at radius 3 is 2.75 bits per heavy atom. The van der Waals surface area contributed by atoms with Gasteiger partial charge in [0.1, 0.15) is 6.10 Å². The summed E-state index contributed by atoms with van der Waals surface area (Å²) in [6.07, 6.45) is 2.49. The lowest BCUT2D eigenvalue weighted by Crippen LogP contribution is -2.58. The Hall–Kier alpha value is -0.380. The highest BCUT2D eigenvalue weighted by Crippen LogP contribution is 2.33. The molecule has 1 saturated heterocycles. The van der Waals surface area contributed by atoms with Gasteiger partial charge in [-0.2, -0.15) is 0 Å². The van der Waals surface area contributed by atoms with Gasteiger partial charge in [-0.1, -0.05) is 19.9 Å². The maximum atomic E-state index is 6.08. The van der Waals surface area contributed by atoms with Crippen molar-refractivity contribution in [3.8, 4) is 0 Å². The van der Waals surface area contributed by atoms with E-state index >= 15 is 0 Å². The van der Waals surface area contributed by atoms with E-state index < -0.39 is 0 Å². The van der Waals surface area contributed by atoms with E-state index in [1.54, 1.807) is 11.3 Å². The van der Waals surface area contributed by atoms with Gasteiger partial charge in [0.15, 0.2) is 0 Å². The fourth-order valence-electron chi connectivity index (χ4n) is 2.43. The van der Waals surface area contributed by atoms with Gasteiger partial charge >= 0.3 is 0 Å². The predicted octanol–water partition coefficient (Wildman–Crippen LogP) is 3.36. The molecule has 1 aliphatic heterocycles. The largest absolute Gasteiger partial charge is 0.369 e. The molecule has 0 aromatic carbocycles.